The van der Waals surface area contributed by atoms with Crippen molar-refractivity contribution in [2.75, 3.05) is 12.3 Å². The monoisotopic (exact) mass is 576 g/mol. The minimum Gasteiger partial charge on any atom is -0.453 e. The maximum absolute atomic E-state index is 13.8. The highest BCUT2D eigenvalue weighted by Crippen LogP contribution is 2.46. The Morgan fingerprint density at radius 2 is 1.93 bits per heavy atom. The third-order valence-electron chi connectivity index (χ3n) is 6.25. The molecule has 1 aromatic carbocycles. The maximum Gasteiger partial charge on any atom is 0.459 e. The SMILES string of the molecule is CC(C)C(=O)[C@H](C)OC(=O)C(C)N[P@](=O)(OC[C@H]1OC(n2cnc3c(N)ncnc32)C[C@@H]1O)Oc1ccccc1. The van der Waals surface area contributed by atoms with Gasteiger partial charge in [0.15, 0.2) is 23.4 Å². The Morgan fingerprint density at radius 3 is 2.62 bits per heavy atom. The van der Waals surface area contributed by atoms with E-state index in [1.807, 2.05) is 0 Å². The molecule has 0 spiro atoms. The summed E-state index contributed by atoms with van der Waals surface area (Å²) >= 11 is 0. The number of aromatic nitrogens is 4. The van der Waals surface area contributed by atoms with E-state index in [2.05, 4.69) is 20.0 Å². The first-order chi connectivity index (χ1) is 19.0. The van der Waals surface area contributed by atoms with Gasteiger partial charge >= 0.3 is 13.7 Å². The van der Waals surface area contributed by atoms with Gasteiger partial charge in [-0.2, -0.15) is 5.09 Å². The molecule has 4 N–H and O–H groups in total. The predicted octanol–water partition coefficient (Wildman–Crippen LogP) is 2.40. The number of aliphatic hydroxyl groups excluding tert-OH is 1. The van der Waals surface area contributed by atoms with Crippen LogP contribution in [0.3, 0.4) is 0 Å². The molecule has 0 saturated carbocycles. The van der Waals surface area contributed by atoms with Crippen LogP contribution >= 0.6 is 7.75 Å². The van der Waals surface area contributed by atoms with E-state index in [-0.39, 0.29) is 36.3 Å². The third kappa shape index (κ3) is 6.83. The number of ether oxygens (including phenoxy) is 2. The maximum atomic E-state index is 13.8. The van der Waals surface area contributed by atoms with E-state index >= 15 is 0 Å². The van der Waals surface area contributed by atoms with Crippen molar-refractivity contribution in [2.24, 2.45) is 5.92 Å². The van der Waals surface area contributed by atoms with Crippen molar-refractivity contribution in [1.29, 1.82) is 0 Å². The number of para-hydroxylation sites is 1. The average molecular weight is 577 g/mol. The van der Waals surface area contributed by atoms with Gasteiger partial charge in [-0.05, 0) is 26.0 Å². The second-order valence-corrected chi connectivity index (χ2v) is 11.4. The van der Waals surface area contributed by atoms with Crippen LogP contribution in [0.4, 0.5) is 5.82 Å². The Bertz CT molecular complexity index is 1390. The Kier molecular flexibility index (Phi) is 9.16. The fourth-order valence-electron chi connectivity index (χ4n) is 4.09. The third-order valence-corrected chi connectivity index (χ3v) is 7.89. The highest BCUT2D eigenvalue weighted by atomic mass is 31.2. The molecular weight excluding hydrogens is 543 g/mol. The molecule has 3 heterocycles. The molecule has 40 heavy (non-hydrogen) atoms. The van der Waals surface area contributed by atoms with E-state index in [4.69, 9.17) is 24.3 Å². The molecule has 0 bridgehead atoms. The summed E-state index contributed by atoms with van der Waals surface area (Å²) in [6.45, 7) is 5.94. The number of esters is 1. The minimum absolute atomic E-state index is 0.172. The van der Waals surface area contributed by atoms with Gasteiger partial charge in [0.05, 0.1) is 19.0 Å². The highest BCUT2D eigenvalue weighted by Gasteiger charge is 2.40. The Balaban J connectivity index is 1.45. The number of hydrogen-bond donors (Lipinski definition) is 3. The second kappa shape index (κ2) is 12.4. The molecule has 14 nitrogen and oxygen atoms in total. The van der Waals surface area contributed by atoms with Crippen LogP contribution in [-0.4, -0.2) is 67.3 Å². The first kappa shape index (κ1) is 29.6. The fourth-order valence-corrected chi connectivity index (χ4v) is 5.59. The highest BCUT2D eigenvalue weighted by molar-refractivity contribution is 7.52. The number of anilines is 1. The van der Waals surface area contributed by atoms with Gasteiger partial charge in [-0.15, -0.1) is 0 Å². The van der Waals surface area contributed by atoms with Crippen molar-refractivity contribution in [3.05, 3.63) is 43.0 Å². The van der Waals surface area contributed by atoms with E-state index in [0.29, 0.717) is 11.2 Å². The molecule has 0 aliphatic carbocycles. The van der Waals surface area contributed by atoms with E-state index in [0.717, 1.165) is 0 Å². The Hall–Kier alpha value is -3.42. The van der Waals surface area contributed by atoms with Crippen LogP contribution in [0.1, 0.15) is 40.3 Å². The molecule has 0 amide bonds. The van der Waals surface area contributed by atoms with Gasteiger partial charge < -0.3 is 24.8 Å². The summed E-state index contributed by atoms with van der Waals surface area (Å²) in [5, 5.41) is 13.2. The Morgan fingerprint density at radius 1 is 1.20 bits per heavy atom. The topological polar surface area (TPSA) is 190 Å². The van der Waals surface area contributed by atoms with E-state index in [1.165, 1.54) is 26.5 Å². The van der Waals surface area contributed by atoms with Gasteiger partial charge in [0.2, 0.25) is 0 Å². The zero-order chi connectivity index (χ0) is 29.0. The number of imidazole rings is 1. The van der Waals surface area contributed by atoms with Gasteiger partial charge in [-0.1, -0.05) is 32.0 Å². The molecule has 2 aromatic heterocycles. The van der Waals surface area contributed by atoms with E-state index in [9.17, 15) is 19.3 Å². The summed E-state index contributed by atoms with van der Waals surface area (Å²) in [7, 11) is -4.23. The zero-order valence-corrected chi connectivity index (χ0v) is 23.4. The number of nitrogens with two attached hydrogens (primary N) is 1. The predicted molar refractivity (Wildman–Crippen MR) is 143 cm³/mol. The lowest BCUT2D eigenvalue weighted by Crippen LogP contribution is -2.39. The first-order valence-electron chi connectivity index (χ1n) is 12.7. The standard InChI is InChI=1S/C25H33N6O8P/c1-14(2)22(33)16(4)37-25(34)15(3)30-40(35,39-17-8-6-5-7-9-17)36-11-19-18(32)10-20(38-19)31-13-29-21-23(26)27-12-28-24(21)31/h5-9,12-16,18-20,32H,10-11H2,1-4H3,(H,30,35)(H2,26,27,28)/t15?,16-,18-,19+,20?,40-/m0/s1. The van der Waals surface area contributed by atoms with Gasteiger partial charge in [0.25, 0.3) is 0 Å². The largest absolute Gasteiger partial charge is 0.459 e. The molecule has 2 unspecified atom stereocenters. The van der Waals surface area contributed by atoms with Gasteiger partial charge in [-0.3, -0.25) is 18.7 Å². The molecule has 1 fully saturated rings. The summed E-state index contributed by atoms with van der Waals surface area (Å²) in [5.41, 5.74) is 6.69. The number of aliphatic hydroxyl groups is 1. The summed E-state index contributed by atoms with van der Waals surface area (Å²) in [6, 6.07) is 7.08. The number of nitrogen functional groups attached to an aromatic ring is 1. The van der Waals surface area contributed by atoms with Crippen LogP contribution in [0, 0.1) is 5.92 Å². The van der Waals surface area contributed by atoms with Crippen LogP contribution in [0.15, 0.2) is 43.0 Å². The number of rotatable bonds is 12. The quantitative estimate of drug-likeness (QED) is 0.211. The lowest BCUT2D eigenvalue weighted by molar-refractivity contribution is -0.156. The van der Waals surface area contributed by atoms with Crippen molar-refractivity contribution in [3.63, 3.8) is 0 Å². The van der Waals surface area contributed by atoms with Crippen molar-refractivity contribution >= 4 is 36.5 Å². The molecular formula is C25H33N6O8P. The van der Waals surface area contributed by atoms with Crippen LogP contribution < -0.4 is 15.3 Å². The lowest BCUT2D eigenvalue weighted by Gasteiger charge is -2.25. The number of benzene rings is 1. The van der Waals surface area contributed by atoms with Gasteiger partial charge in [0, 0.05) is 12.3 Å². The average Bonchev–Trinajstić information content (AvgIpc) is 3.51. The van der Waals surface area contributed by atoms with Crippen molar-refractivity contribution in [3.8, 4) is 5.75 Å². The number of hydrogen-bond acceptors (Lipinski definition) is 12. The molecule has 0 radical (unpaired) electrons. The van der Waals surface area contributed by atoms with Crippen molar-refractivity contribution in [2.45, 2.75) is 64.7 Å². The molecule has 216 valence electrons. The van der Waals surface area contributed by atoms with Gasteiger partial charge in [-0.25, -0.2) is 19.5 Å². The van der Waals surface area contributed by atoms with E-state index in [1.54, 1.807) is 48.7 Å². The number of carbonyl (C=O) groups is 2. The number of nitrogens with zero attached hydrogens (tertiary/aromatic N) is 4. The summed E-state index contributed by atoms with van der Waals surface area (Å²) in [6.07, 6.45) is -0.564. The molecule has 6 atom stereocenters. The molecule has 4 rings (SSSR count). The van der Waals surface area contributed by atoms with Crippen LogP contribution in [0.5, 0.6) is 5.75 Å². The van der Waals surface area contributed by atoms with Crippen LogP contribution in [-0.2, 0) is 28.2 Å². The molecule has 1 aliphatic rings. The molecule has 1 saturated heterocycles. The molecule has 1 aliphatic heterocycles. The number of Topliss-reactive ketones (excluding diaryl/α,β-unsaturated/α-hetero) is 1. The summed E-state index contributed by atoms with van der Waals surface area (Å²) in [5.74, 6) is -0.957. The zero-order valence-electron chi connectivity index (χ0n) is 22.5. The number of nitrogens with one attached hydrogen (secondary N) is 1. The summed E-state index contributed by atoms with van der Waals surface area (Å²) < 4.78 is 37.9. The number of fused-ring (bicyclic) bond motifs is 1. The van der Waals surface area contributed by atoms with Crippen LogP contribution in [0.25, 0.3) is 11.2 Å². The molecule has 3 aromatic rings. The van der Waals surface area contributed by atoms with E-state index < -0.39 is 44.3 Å². The van der Waals surface area contributed by atoms with Crippen molar-refractivity contribution in [1.82, 2.24) is 24.6 Å². The number of ketones is 1. The number of carbonyl (C=O) groups excluding carboxylic acids is 2. The Labute approximate surface area is 230 Å². The lowest BCUT2D eigenvalue weighted by atomic mass is 10.1. The smallest absolute Gasteiger partial charge is 0.453 e. The minimum atomic E-state index is -4.23. The first-order valence-corrected chi connectivity index (χ1v) is 14.3. The normalized spacial score (nSPS) is 22.1. The van der Waals surface area contributed by atoms with Crippen LogP contribution in [0.2, 0.25) is 0 Å². The summed E-state index contributed by atoms with van der Waals surface area (Å²) in [4.78, 5) is 37.1. The molecule has 15 heteroatoms. The fraction of sp³-hybridized carbons (Fsp3) is 0.480. The van der Waals surface area contributed by atoms with Crippen molar-refractivity contribution < 1.29 is 37.8 Å². The van der Waals surface area contributed by atoms with Gasteiger partial charge in [0.1, 0.15) is 36.0 Å². The second-order valence-electron chi connectivity index (χ2n) is 9.70.